The summed E-state index contributed by atoms with van der Waals surface area (Å²) in [5.74, 6) is 0.724. The van der Waals surface area contributed by atoms with Crippen molar-refractivity contribution in [2.75, 3.05) is 59.1 Å². The van der Waals surface area contributed by atoms with Gasteiger partial charge in [-0.3, -0.25) is 4.90 Å². The molecule has 2 saturated heterocycles. The highest BCUT2D eigenvalue weighted by atomic mass is 16.5. The Hall–Kier alpha value is -0.670. The second-order valence-corrected chi connectivity index (χ2v) is 6.45. The monoisotopic (exact) mass is 309 g/mol. The Labute approximate surface area is 135 Å². The zero-order chi connectivity index (χ0) is 15.6. The van der Waals surface area contributed by atoms with Crippen LogP contribution in [0.25, 0.3) is 0 Å². The van der Waals surface area contributed by atoms with Crippen molar-refractivity contribution in [2.24, 2.45) is 5.92 Å². The van der Waals surface area contributed by atoms with Crippen molar-refractivity contribution < 1.29 is 9.47 Å². The molecule has 0 saturated carbocycles. The van der Waals surface area contributed by atoms with Crippen molar-refractivity contribution in [1.82, 2.24) is 9.80 Å². The summed E-state index contributed by atoms with van der Waals surface area (Å²) in [6.07, 6.45) is 4.52. The number of morpholine rings is 1. The lowest BCUT2D eigenvalue weighted by molar-refractivity contribution is -0.0190. The molecule has 2 aliphatic heterocycles. The van der Waals surface area contributed by atoms with Crippen LogP contribution in [-0.4, -0.2) is 75.0 Å². The lowest BCUT2D eigenvalue weighted by Gasteiger charge is -2.34. The average molecular weight is 309 g/mol. The van der Waals surface area contributed by atoms with Gasteiger partial charge < -0.3 is 14.4 Å². The van der Waals surface area contributed by atoms with Crippen molar-refractivity contribution in [3.63, 3.8) is 0 Å². The second-order valence-electron chi connectivity index (χ2n) is 6.45. The van der Waals surface area contributed by atoms with Crippen LogP contribution >= 0.6 is 0 Å². The molecule has 2 aliphatic rings. The maximum atomic E-state index is 8.89. The molecular weight excluding hydrogens is 278 g/mol. The molecule has 5 heteroatoms. The van der Waals surface area contributed by atoms with Gasteiger partial charge in [-0.05, 0) is 25.2 Å². The van der Waals surface area contributed by atoms with Gasteiger partial charge in [0.1, 0.15) is 0 Å². The van der Waals surface area contributed by atoms with Gasteiger partial charge in [0, 0.05) is 52.3 Å². The Balaban J connectivity index is 1.76. The molecule has 0 aromatic rings. The molecule has 126 valence electrons. The SMILES string of the molecule is CC[C@H]1C[C@H](CN(CCC#N)CCN2CCOCC2)CCO1. The van der Waals surface area contributed by atoms with Crippen LogP contribution in [0.5, 0.6) is 0 Å². The predicted octanol–water partition coefficient (Wildman–Crippen LogP) is 1.74. The van der Waals surface area contributed by atoms with Gasteiger partial charge in [0.15, 0.2) is 0 Å². The van der Waals surface area contributed by atoms with E-state index in [1.165, 1.54) is 6.42 Å². The lowest BCUT2D eigenvalue weighted by Crippen LogP contribution is -2.43. The first-order chi connectivity index (χ1) is 10.8. The van der Waals surface area contributed by atoms with E-state index in [1.54, 1.807) is 0 Å². The van der Waals surface area contributed by atoms with Crippen molar-refractivity contribution in [1.29, 1.82) is 5.26 Å². The minimum absolute atomic E-state index is 0.441. The van der Waals surface area contributed by atoms with Crippen LogP contribution in [0.15, 0.2) is 0 Å². The molecule has 0 radical (unpaired) electrons. The Morgan fingerprint density at radius 1 is 1.23 bits per heavy atom. The molecule has 2 atom stereocenters. The van der Waals surface area contributed by atoms with Crippen LogP contribution in [0.1, 0.15) is 32.6 Å². The number of ether oxygens (including phenoxy) is 2. The van der Waals surface area contributed by atoms with Crippen molar-refractivity contribution in [3.8, 4) is 6.07 Å². The number of hydrogen-bond acceptors (Lipinski definition) is 5. The van der Waals surface area contributed by atoms with Gasteiger partial charge in [0.25, 0.3) is 0 Å². The van der Waals surface area contributed by atoms with E-state index in [1.807, 2.05) is 0 Å². The zero-order valence-corrected chi connectivity index (χ0v) is 14.0. The Bertz CT molecular complexity index is 339. The maximum absolute atomic E-state index is 8.89. The van der Waals surface area contributed by atoms with E-state index in [4.69, 9.17) is 14.7 Å². The standard InChI is InChI=1S/C17H31N3O2/c1-2-17-14-16(4-11-22-17)15-20(6-3-5-18)8-7-19-9-12-21-13-10-19/h16-17H,2-4,6-15H2,1H3/t16-,17+/m1/s1. The van der Waals surface area contributed by atoms with E-state index in [0.29, 0.717) is 12.5 Å². The first-order valence-corrected chi connectivity index (χ1v) is 8.82. The Kier molecular flexibility index (Phi) is 8.17. The summed E-state index contributed by atoms with van der Waals surface area (Å²) in [6, 6.07) is 2.29. The molecule has 22 heavy (non-hydrogen) atoms. The highest BCUT2D eigenvalue weighted by molar-refractivity contribution is 4.78. The van der Waals surface area contributed by atoms with Gasteiger partial charge in [0.05, 0.1) is 25.4 Å². The van der Waals surface area contributed by atoms with E-state index in [-0.39, 0.29) is 0 Å². The number of rotatable bonds is 8. The molecule has 5 nitrogen and oxygen atoms in total. The van der Waals surface area contributed by atoms with Crippen molar-refractivity contribution >= 4 is 0 Å². The molecule has 0 unspecified atom stereocenters. The van der Waals surface area contributed by atoms with E-state index < -0.39 is 0 Å². The molecule has 2 rings (SSSR count). The first kappa shape index (κ1) is 17.7. The highest BCUT2D eigenvalue weighted by Crippen LogP contribution is 2.23. The van der Waals surface area contributed by atoms with Crippen LogP contribution < -0.4 is 0 Å². The summed E-state index contributed by atoms with van der Waals surface area (Å²) >= 11 is 0. The summed E-state index contributed by atoms with van der Waals surface area (Å²) in [5, 5.41) is 8.89. The smallest absolute Gasteiger partial charge is 0.0635 e. The fraction of sp³-hybridized carbons (Fsp3) is 0.941. The van der Waals surface area contributed by atoms with Gasteiger partial charge in [0.2, 0.25) is 0 Å². The van der Waals surface area contributed by atoms with E-state index in [2.05, 4.69) is 22.8 Å². The molecule has 0 aromatic carbocycles. The minimum Gasteiger partial charge on any atom is -0.379 e. The van der Waals surface area contributed by atoms with Crippen LogP contribution in [-0.2, 0) is 9.47 Å². The topological polar surface area (TPSA) is 48.7 Å². The third-order valence-electron chi connectivity index (χ3n) is 4.82. The molecule has 2 fully saturated rings. The average Bonchev–Trinajstić information content (AvgIpc) is 2.58. The van der Waals surface area contributed by atoms with E-state index in [0.717, 1.165) is 77.8 Å². The third kappa shape index (κ3) is 6.21. The first-order valence-electron chi connectivity index (χ1n) is 8.82. The van der Waals surface area contributed by atoms with Crippen LogP contribution in [0.2, 0.25) is 0 Å². The molecule has 0 N–H and O–H groups in total. The minimum atomic E-state index is 0.441. The molecule has 0 aromatic heterocycles. The molecule has 0 spiro atoms. The normalized spacial score (nSPS) is 27.0. The van der Waals surface area contributed by atoms with Crippen LogP contribution in [0.4, 0.5) is 0 Å². The van der Waals surface area contributed by atoms with Crippen molar-refractivity contribution in [2.45, 2.75) is 38.7 Å². The van der Waals surface area contributed by atoms with Gasteiger partial charge >= 0.3 is 0 Å². The maximum Gasteiger partial charge on any atom is 0.0635 e. The predicted molar refractivity (Wildman–Crippen MR) is 86.7 cm³/mol. The van der Waals surface area contributed by atoms with E-state index >= 15 is 0 Å². The largest absolute Gasteiger partial charge is 0.379 e. The van der Waals surface area contributed by atoms with Gasteiger partial charge in [-0.1, -0.05) is 6.92 Å². The van der Waals surface area contributed by atoms with Gasteiger partial charge in [-0.25, -0.2) is 0 Å². The molecular formula is C17H31N3O2. The summed E-state index contributed by atoms with van der Waals surface area (Å²) in [5.41, 5.74) is 0. The molecule has 0 amide bonds. The number of nitriles is 1. The van der Waals surface area contributed by atoms with E-state index in [9.17, 15) is 0 Å². The van der Waals surface area contributed by atoms with Crippen molar-refractivity contribution in [3.05, 3.63) is 0 Å². The second kappa shape index (κ2) is 10.2. The van der Waals surface area contributed by atoms with Gasteiger partial charge in [-0.15, -0.1) is 0 Å². The summed E-state index contributed by atoms with van der Waals surface area (Å²) < 4.78 is 11.2. The van der Waals surface area contributed by atoms with Crippen LogP contribution in [0.3, 0.4) is 0 Å². The summed E-state index contributed by atoms with van der Waals surface area (Å²) in [4.78, 5) is 4.96. The number of nitrogens with zero attached hydrogens (tertiary/aromatic N) is 3. The number of hydrogen-bond donors (Lipinski definition) is 0. The Morgan fingerprint density at radius 2 is 2.05 bits per heavy atom. The summed E-state index contributed by atoms with van der Waals surface area (Å²) in [6.45, 7) is 11.1. The summed E-state index contributed by atoms with van der Waals surface area (Å²) in [7, 11) is 0. The molecule has 2 heterocycles. The fourth-order valence-corrected chi connectivity index (χ4v) is 3.38. The quantitative estimate of drug-likeness (QED) is 0.683. The van der Waals surface area contributed by atoms with Gasteiger partial charge in [-0.2, -0.15) is 5.26 Å². The highest BCUT2D eigenvalue weighted by Gasteiger charge is 2.23. The molecule has 0 aliphatic carbocycles. The Morgan fingerprint density at radius 3 is 2.77 bits per heavy atom. The molecule has 0 bridgehead atoms. The van der Waals surface area contributed by atoms with Crippen LogP contribution in [0, 0.1) is 17.2 Å². The zero-order valence-electron chi connectivity index (χ0n) is 14.0. The lowest BCUT2D eigenvalue weighted by atomic mass is 9.93. The fourth-order valence-electron chi connectivity index (χ4n) is 3.38. The third-order valence-corrected chi connectivity index (χ3v) is 4.82.